The first-order valence-corrected chi connectivity index (χ1v) is 4.05. The molecule has 0 fully saturated rings. The maximum atomic E-state index is 12.8. The average Bonchev–Trinajstić information content (AvgIpc) is 1.98. The zero-order valence-corrected chi connectivity index (χ0v) is 7.16. The molecule has 0 aliphatic carbocycles. The maximum absolute atomic E-state index is 12.8. The summed E-state index contributed by atoms with van der Waals surface area (Å²) >= 11 is 5.51. The lowest BCUT2D eigenvalue weighted by Crippen LogP contribution is -1.84. The van der Waals surface area contributed by atoms with Crippen molar-refractivity contribution >= 4 is 11.6 Å². The fourth-order valence-corrected chi connectivity index (χ4v) is 1.10. The van der Waals surface area contributed by atoms with Gasteiger partial charge in [0.1, 0.15) is 5.82 Å². The molecule has 1 aromatic rings. The first kappa shape index (κ1) is 8.54. The third-order valence-electron chi connectivity index (χ3n) is 1.52. The number of halogens is 2. The number of benzene rings is 1. The van der Waals surface area contributed by atoms with Gasteiger partial charge in [-0.1, -0.05) is 31.0 Å². The largest absolute Gasteiger partial charge is 0.205 e. The topological polar surface area (TPSA) is 0 Å². The molecule has 0 N–H and O–H groups in total. The zero-order valence-electron chi connectivity index (χ0n) is 6.40. The third kappa shape index (κ3) is 2.19. The van der Waals surface area contributed by atoms with Gasteiger partial charge in [-0.05, 0) is 24.1 Å². The molecule has 0 spiro atoms. The van der Waals surface area contributed by atoms with Crippen molar-refractivity contribution in [2.75, 3.05) is 0 Å². The number of aryl methyl sites for hydroxylation is 1. The Hall–Kier alpha value is -0.560. The molecule has 60 valence electrons. The second kappa shape index (κ2) is 3.72. The lowest BCUT2D eigenvalue weighted by Gasteiger charge is -1.98. The predicted octanol–water partition coefficient (Wildman–Crippen LogP) is 3.43. The maximum Gasteiger partial charge on any atom is 0.142 e. The Kier molecular flexibility index (Phi) is 2.89. The van der Waals surface area contributed by atoms with E-state index in [0.29, 0.717) is 0 Å². The minimum Gasteiger partial charge on any atom is -0.205 e. The normalized spacial score (nSPS) is 10.1. The summed E-state index contributed by atoms with van der Waals surface area (Å²) in [5.74, 6) is -0.322. The fraction of sp³-hybridized carbons (Fsp3) is 0.333. The fourth-order valence-electron chi connectivity index (χ4n) is 0.984. The van der Waals surface area contributed by atoms with E-state index in [1.807, 2.05) is 6.07 Å². The Labute approximate surface area is 71.0 Å². The van der Waals surface area contributed by atoms with Crippen LogP contribution in [0.2, 0.25) is 5.02 Å². The van der Waals surface area contributed by atoms with Crippen LogP contribution in [0.5, 0.6) is 0 Å². The van der Waals surface area contributed by atoms with Crippen molar-refractivity contribution in [2.45, 2.75) is 19.8 Å². The molecule has 0 bridgehead atoms. The SMILES string of the molecule is CCCc1ccc(Cl)c(F)c1. The van der Waals surface area contributed by atoms with Crippen LogP contribution in [0.3, 0.4) is 0 Å². The van der Waals surface area contributed by atoms with Crippen molar-refractivity contribution in [1.29, 1.82) is 0 Å². The molecule has 0 amide bonds. The third-order valence-corrected chi connectivity index (χ3v) is 1.83. The minimum atomic E-state index is -0.322. The first-order chi connectivity index (χ1) is 5.24. The van der Waals surface area contributed by atoms with E-state index < -0.39 is 0 Å². The first-order valence-electron chi connectivity index (χ1n) is 3.68. The molecule has 0 radical (unpaired) electrons. The van der Waals surface area contributed by atoms with Gasteiger partial charge in [-0.2, -0.15) is 0 Å². The van der Waals surface area contributed by atoms with Gasteiger partial charge in [0.05, 0.1) is 5.02 Å². The van der Waals surface area contributed by atoms with Gasteiger partial charge in [0, 0.05) is 0 Å². The molecule has 11 heavy (non-hydrogen) atoms. The van der Waals surface area contributed by atoms with Crippen molar-refractivity contribution in [2.24, 2.45) is 0 Å². The van der Waals surface area contributed by atoms with Crippen LogP contribution in [0.4, 0.5) is 4.39 Å². The Balaban J connectivity index is 2.86. The second-order valence-electron chi connectivity index (χ2n) is 2.50. The van der Waals surface area contributed by atoms with Gasteiger partial charge < -0.3 is 0 Å². The highest BCUT2D eigenvalue weighted by atomic mass is 35.5. The summed E-state index contributed by atoms with van der Waals surface area (Å²) in [7, 11) is 0. The summed E-state index contributed by atoms with van der Waals surface area (Å²) in [5, 5.41) is 0.199. The van der Waals surface area contributed by atoms with Gasteiger partial charge in [-0.25, -0.2) is 4.39 Å². The molecular formula is C9H10ClF. The smallest absolute Gasteiger partial charge is 0.142 e. The Morgan fingerprint density at radius 3 is 2.73 bits per heavy atom. The van der Waals surface area contributed by atoms with E-state index in [1.54, 1.807) is 6.07 Å². The number of hydrogen-bond acceptors (Lipinski definition) is 0. The van der Waals surface area contributed by atoms with Crippen LogP contribution < -0.4 is 0 Å². The molecule has 0 nitrogen and oxygen atoms in total. The van der Waals surface area contributed by atoms with Crippen LogP contribution in [-0.2, 0) is 6.42 Å². The van der Waals surface area contributed by atoms with Gasteiger partial charge in [-0.15, -0.1) is 0 Å². The zero-order chi connectivity index (χ0) is 8.27. The highest BCUT2D eigenvalue weighted by Gasteiger charge is 1.98. The van der Waals surface area contributed by atoms with Crippen LogP contribution in [0.1, 0.15) is 18.9 Å². The van der Waals surface area contributed by atoms with E-state index in [1.165, 1.54) is 6.07 Å². The van der Waals surface area contributed by atoms with E-state index in [9.17, 15) is 4.39 Å². The van der Waals surface area contributed by atoms with Gasteiger partial charge in [0.15, 0.2) is 0 Å². The summed E-state index contributed by atoms with van der Waals surface area (Å²) in [6, 6.07) is 4.95. The van der Waals surface area contributed by atoms with Crippen molar-refractivity contribution in [3.63, 3.8) is 0 Å². The number of hydrogen-bond donors (Lipinski definition) is 0. The Bertz CT molecular complexity index is 245. The summed E-state index contributed by atoms with van der Waals surface area (Å²) in [4.78, 5) is 0. The highest BCUT2D eigenvalue weighted by molar-refractivity contribution is 6.30. The Morgan fingerprint density at radius 2 is 2.18 bits per heavy atom. The standard InChI is InChI=1S/C9H10ClF/c1-2-3-7-4-5-8(10)9(11)6-7/h4-6H,2-3H2,1H3. The summed E-state index contributed by atoms with van der Waals surface area (Å²) in [5.41, 5.74) is 1.01. The molecule has 0 saturated heterocycles. The van der Waals surface area contributed by atoms with Crippen LogP contribution >= 0.6 is 11.6 Å². The molecule has 0 aliphatic heterocycles. The molecule has 0 atom stereocenters. The van der Waals surface area contributed by atoms with E-state index >= 15 is 0 Å². The van der Waals surface area contributed by atoms with Crippen molar-refractivity contribution in [3.8, 4) is 0 Å². The molecule has 2 heteroatoms. The molecule has 0 aliphatic rings. The second-order valence-corrected chi connectivity index (χ2v) is 2.91. The Morgan fingerprint density at radius 1 is 1.45 bits per heavy atom. The summed E-state index contributed by atoms with van der Waals surface area (Å²) in [6.45, 7) is 2.06. The van der Waals surface area contributed by atoms with Crippen molar-refractivity contribution in [1.82, 2.24) is 0 Å². The van der Waals surface area contributed by atoms with Gasteiger partial charge in [0.2, 0.25) is 0 Å². The van der Waals surface area contributed by atoms with Crippen molar-refractivity contribution in [3.05, 3.63) is 34.6 Å². The van der Waals surface area contributed by atoms with Crippen LogP contribution in [0, 0.1) is 5.82 Å². The van der Waals surface area contributed by atoms with Crippen LogP contribution in [0.25, 0.3) is 0 Å². The quantitative estimate of drug-likeness (QED) is 0.641. The van der Waals surface area contributed by atoms with Gasteiger partial charge in [-0.3, -0.25) is 0 Å². The van der Waals surface area contributed by atoms with Gasteiger partial charge >= 0.3 is 0 Å². The number of rotatable bonds is 2. The minimum absolute atomic E-state index is 0.199. The summed E-state index contributed by atoms with van der Waals surface area (Å²) < 4.78 is 12.8. The monoisotopic (exact) mass is 172 g/mol. The van der Waals surface area contributed by atoms with Crippen molar-refractivity contribution < 1.29 is 4.39 Å². The predicted molar refractivity (Wildman–Crippen MR) is 45.4 cm³/mol. The summed E-state index contributed by atoms with van der Waals surface area (Å²) in [6.07, 6.45) is 1.94. The van der Waals surface area contributed by atoms with E-state index in [4.69, 9.17) is 11.6 Å². The molecule has 0 heterocycles. The van der Waals surface area contributed by atoms with E-state index in [-0.39, 0.29) is 10.8 Å². The lowest BCUT2D eigenvalue weighted by atomic mass is 10.1. The van der Waals surface area contributed by atoms with Crippen LogP contribution in [0.15, 0.2) is 18.2 Å². The molecule has 1 rings (SSSR count). The van der Waals surface area contributed by atoms with Gasteiger partial charge in [0.25, 0.3) is 0 Å². The van der Waals surface area contributed by atoms with E-state index in [0.717, 1.165) is 18.4 Å². The highest BCUT2D eigenvalue weighted by Crippen LogP contribution is 2.16. The lowest BCUT2D eigenvalue weighted by molar-refractivity contribution is 0.625. The molecule has 0 unspecified atom stereocenters. The van der Waals surface area contributed by atoms with E-state index in [2.05, 4.69) is 6.92 Å². The molecule has 1 aromatic carbocycles. The molecule has 0 aromatic heterocycles. The molecular weight excluding hydrogens is 163 g/mol. The average molecular weight is 173 g/mol. The molecule has 0 saturated carbocycles. The van der Waals surface area contributed by atoms with Crippen LogP contribution in [-0.4, -0.2) is 0 Å².